The molecule has 0 saturated carbocycles. The van der Waals surface area contributed by atoms with Gasteiger partial charge in [0.25, 0.3) is 0 Å². The van der Waals surface area contributed by atoms with E-state index in [1.807, 2.05) is 19.4 Å². The third-order valence-corrected chi connectivity index (χ3v) is 2.89. The Morgan fingerprint density at radius 2 is 2.50 bits per heavy atom. The minimum absolute atomic E-state index is 0.0476. The van der Waals surface area contributed by atoms with Crippen LogP contribution in [0.5, 0.6) is 0 Å². The van der Waals surface area contributed by atoms with Crippen molar-refractivity contribution in [3.63, 3.8) is 0 Å². The van der Waals surface area contributed by atoms with Crippen molar-refractivity contribution in [3.05, 3.63) is 18.2 Å². The Hall–Kier alpha value is -0.910. The van der Waals surface area contributed by atoms with Gasteiger partial charge in [0.2, 0.25) is 0 Å². The van der Waals surface area contributed by atoms with Crippen LogP contribution in [0.4, 0.5) is 0 Å². The van der Waals surface area contributed by atoms with E-state index >= 15 is 0 Å². The summed E-state index contributed by atoms with van der Waals surface area (Å²) in [6.45, 7) is 5.00. The van der Waals surface area contributed by atoms with Crippen LogP contribution in [0, 0.1) is 0 Å². The van der Waals surface area contributed by atoms with E-state index in [0.717, 1.165) is 12.4 Å². The van der Waals surface area contributed by atoms with Gasteiger partial charge in [0.15, 0.2) is 0 Å². The van der Waals surface area contributed by atoms with Gasteiger partial charge in [-0.15, -0.1) is 0 Å². The zero-order valence-electron chi connectivity index (χ0n) is 9.85. The van der Waals surface area contributed by atoms with Crippen LogP contribution in [0.3, 0.4) is 0 Å². The monoisotopic (exact) mass is 225 g/mol. The summed E-state index contributed by atoms with van der Waals surface area (Å²) >= 11 is 0. The molecule has 5 heteroatoms. The number of imidazole rings is 1. The highest BCUT2D eigenvalue weighted by Gasteiger charge is 2.28. The predicted octanol–water partition coefficient (Wildman–Crippen LogP) is 0.579. The van der Waals surface area contributed by atoms with Crippen LogP contribution >= 0.6 is 0 Å². The fraction of sp³-hybridized carbons (Fsp3) is 0.727. The van der Waals surface area contributed by atoms with E-state index in [-0.39, 0.29) is 12.1 Å². The normalized spacial score (nSPS) is 23.2. The van der Waals surface area contributed by atoms with Gasteiger partial charge in [-0.05, 0) is 14.0 Å². The van der Waals surface area contributed by atoms with E-state index in [0.29, 0.717) is 19.8 Å². The molecule has 0 spiro atoms. The van der Waals surface area contributed by atoms with Crippen LogP contribution in [0.15, 0.2) is 12.4 Å². The zero-order chi connectivity index (χ0) is 11.4. The molecule has 2 atom stereocenters. The topological polar surface area (TPSA) is 48.3 Å². The molecule has 1 aliphatic heterocycles. The number of aromatic nitrogens is 2. The van der Waals surface area contributed by atoms with Gasteiger partial charge in [-0.2, -0.15) is 0 Å². The number of likely N-dealkylation sites (N-methyl/N-ethyl adjacent to an activating group) is 1. The Kier molecular flexibility index (Phi) is 3.93. The summed E-state index contributed by atoms with van der Waals surface area (Å²) in [7, 11) is 1.93. The summed E-state index contributed by atoms with van der Waals surface area (Å²) in [6, 6.07) is 0.0928. The third kappa shape index (κ3) is 2.26. The van der Waals surface area contributed by atoms with Gasteiger partial charge >= 0.3 is 0 Å². The maximum atomic E-state index is 5.71. The lowest BCUT2D eigenvalue weighted by Gasteiger charge is -2.30. The van der Waals surface area contributed by atoms with Crippen molar-refractivity contribution in [2.75, 3.05) is 26.9 Å². The van der Waals surface area contributed by atoms with Crippen molar-refractivity contribution in [1.29, 1.82) is 0 Å². The first-order valence-electron chi connectivity index (χ1n) is 5.74. The predicted molar refractivity (Wildman–Crippen MR) is 60.3 cm³/mol. The second-order valence-electron chi connectivity index (χ2n) is 3.82. The third-order valence-electron chi connectivity index (χ3n) is 2.89. The molecule has 0 amide bonds. The highest BCUT2D eigenvalue weighted by molar-refractivity contribution is 5.02. The van der Waals surface area contributed by atoms with Crippen LogP contribution in [-0.4, -0.2) is 42.5 Å². The fourth-order valence-corrected chi connectivity index (χ4v) is 2.05. The van der Waals surface area contributed by atoms with Crippen molar-refractivity contribution in [1.82, 2.24) is 14.9 Å². The van der Waals surface area contributed by atoms with Gasteiger partial charge in [0.1, 0.15) is 11.9 Å². The molecule has 0 aromatic carbocycles. The van der Waals surface area contributed by atoms with E-state index in [9.17, 15) is 0 Å². The van der Waals surface area contributed by atoms with Gasteiger partial charge in [0.05, 0.1) is 25.9 Å². The fourth-order valence-electron chi connectivity index (χ4n) is 2.05. The van der Waals surface area contributed by atoms with Crippen LogP contribution in [-0.2, 0) is 16.0 Å². The summed E-state index contributed by atoms with van der Waals surface area (Å²) in [5.41, 5.74) is 0. The molecule has 1 saturated heterocycles. The van der Waals surface area contributed by atoms with Gasteiger partial charge in [-0.3, -0.25) is 0 Å². The minimum Gasteiger partial charge on any atom is -0.376 e. The number of ether oxygens (including phenoxy) is 2. The molecular formula is C11H19N3O2. The summed E-state index contributed by atoms with van der Waals surface area (Å²) in [6.07, 6.45) is 3.86. The second kappa shape index (κ2) is 5.43. The molecule has 2 unspecified atom stereocenters. The van der Waals surface area contributed by atoms with E-state index in [1.165, 1.54) is 0 Å². The van der Waals surface area contributed by atoms with Gasteiger partial charge in [-0.25, -0.2) is 4.98 Å². The van der Waals surface area contributed by atoms with Gasteiger partial charge in [-0.1, -0.05) is 0 Å². The minimum atomic E-state index is 0.0476. The van der Waals surface area contributed by atoms with Crippen molar-refractivity contribution < 1.29 is 9.47 Å². The van der Waals surface area contributed by atoms with Crippen molar-refractivity contribution in [2.45, 2.75) is 25.6 Å². The maximum Gasteiger partial charge on any atom is 0.128 e. The smallest absolute Gasteiger partial charge is 0.128 e. The molecule has 0 radical (unpaired) electrons. The van der Waals surface area contributed by atoms with Crippen LogP contribution in [0.1, 0.15) is 18.8 Å². The Morgan fingerprint density at radius 1 is 1.62 bits per heavy atom. The van der Waals surface area contributed by atoms with Crippen molar-refractivity contribution in [3.8, 4) is 0 Å². The molecule has 90 valence electrons. The number of hydrogen-bond donors (Lipinski definition) is 1. The molecule has 2 heterocycles. The molecule has 1 aromatic rings. The summed E-state index contributed by atoms with van der Waals surface area (Å²) in [4.78, 5) is 4.40. The number of aryl methyl sites for hydroxylation is 1. The lowest BCUT2D eigenvalue weighted by atomic mass is 10.1. The Labute approximate surface area is 95.8 Å². The number of nitrogens with one attached hydrogen (secondary N) is 1. The SMILES string of the molecule is CCn1ccnc1C(NC)C1COCCO1. The number of nitrogens with zero attached hydrogens (tertiary/aromatic N) is 2. The first-order valence-corrected chi connectivity index (χ1v) is 5.74. The molecule has 1 fully saturated rings. The molecule has 5 nitrogen and oxygen atoms in total. The highest BCUT2D eigenvalue weighted by atomic mass is 16.6. The Bertz CT molecular complexity index is 321. The second-order valence-corrected chi connectivity index (χ2v) is 3.82. The Morgan fingerprint density at radius 3 is 3.12 bits per heavy atom. The molecule has 1 aliphatic rings. The molecule has 1 aromatic heterocycles. The lowest BCUT2D eigenvalue weighted by Crippen LogP contribution is -2.40. The Balaban J connectivity index is 2.14. The highest BCUT2D eigenvalue weighted by Crippen LogP contribution is 2.19. The number of hydrogen-bond acceptors (Lipinski definition) is 4. The number of rotatable bonds is 4. The molecular weight excluding hydrogens is 206 g/mol. The maximum absolute atomic E-state index is 5.71. The van der Waals surface area contributed by atoms with Crippen LogP contribution < -0.4 is 5.32 Å². The van der Waals surface area contributed by atoms with Crippen molar-refractivity contribution in [2.24, 2.45) is 0 Å². The molecule has 16 heavy (non-hydrogen) atoms. The van der Waals surface area contributed by atoms with Crippen LogP contribution in [0.2, 0.25) is 0 Å². The van der Waals surface area contributed by atoms with E-state index in [1.54, 1.807) is 0 Å². The average Bonchev–Trinajstić information content (AvgIpc) is 2.80. The average molecular weight is 225 g/mol. The van der Waals surface area contributed by atoms with E-state index < -0.39 is 0 Å². The van der Waals surface area contributed by atoms with Gasteiger partial charge < -0.3 is 19.4 Å². The van der Waals surface area contributed by atoms with E-state index in [4.69, 9.17) is 9.47 Å². The molecule has 0 aliphatic carbocycles. The quantitative estimate of drug-likeness (QED) is 0.814. The molecule has 0 bridgehead atoms. The van der Waals surface area contributed by atoms with Crippen LogP contribution in [0.25, 0.3) is 0 Å². The largest absolute Gasteiger partial charge is 0.376 e. The van der Waals surface area contributed by atoms with E-state index in [2.05, 4.69) is 21.8 Å². The molecule has 1 N–H and O–H groups in total. The summed E-state index contributed by atoms with van der Waals surface area (Å²) in [5, 5.41) is 3.26. The van der Waals surface area contributed by atoms with Crippen molar-refractivity contribution >= 4 is 0 Å². The molecule has 2 rings (SSSR count). The zero-order valence-corrected chi connectivity index (χ0v) is 9.85. The summed E-state index contributed by atoms with van der Waals surface area (Å²) < 4.78 is 13.3. The lowest BCUT2D eigenvalue weighted by molar-refractivity contribution is -0.103. The standard InChI is InChI=1S/C11H19N3O2/c1-3-14-5-4-13-11(14)10(12-2)9-8-15-6-7-16-9/h4-5,9-10,12H,3,6-8H2,1-2H3. The summed E-state index contributed by atoms with van der Waals surface area (Å²) in [5.74, 6) is 1.01. The van der Waals surface area contributed by atoms with Gasteiger partial charge in [0, 0.05) is 18.9 Å². The first kappa shape index (κ1) is 11.6. The first-order chi connectivity index (χ1) is 7.86.